The van der Waals surface area contributed by atoms with E-state index in [2.05, 4.69) is 4.99 Å². The molecule has 0 radical (unpaired) electrons. The minimum atomic E-state index is -0.388. The van der Waals surface area contributed by atoms with Gasteiger partial charge in [0, 0.05) is 5.02 Å². The lowest BCUT2D eigenvalue weighted by molar-refractivity contribution is -0.113. The van der Waals surface area contributed by atoms with Crippen molar-refractivity contribution in [3.05, 3.63) is 70.4 Å². The van der Waals surface area contributed by atoms with Gasteiger partial charge in [-0.15, -0.1) is 0 Å². The topological polar surface area (TPSA) is 59.0 Å². The number of hydrogen-bond donors (Lipinski definition) is 0. The molecule has 0 fully saturated rings. The summed E-state index contributed by atoms with van der Waals surface area (Å²) in [7, 11) is 0. The van der Waals surface area contributed by atoms with Crippen molar-refractivity contribution in [3.63, 3.8) is 0 Å². The predicted molar refractivity (Wildman–Crippen MR) is 102 cm³/mol. The van der Waals surface area contributed by atoms with E-state index < -0.39 is 0 Å². The van der Waals surface area contributed by atoms with Gasteiger partial charge in [0.25, 0.3) is 5.91 Å². The molecule has 3 rings (SSSR count). The molecule has 26 heavy (non-hydrogen) atoms. The van der Waals surface area contributed by atoms with Crippen LogP contribution in [-0.4, -0.2) is 24.3 Å². The number of aliphatic imine (C=N–C) groups is 1. The van der Waals surface area contributed by atoms with E-state index in [0.717, 1.165) is 5.56 Å². The summed E-state index contributed by atoms with van der Waals surface area (Å²) in [4.78, 5) is 30.3. The molecule has 0 atom stereocenters. The zero-order valence-corrected chi connectivity index (χ0v) is 15.2. The van der Waals surface area contributed by atoms with E-state index in [9.17, 15) is 9.59 Å². The Bertz CT molecular complexity index is 900. The highest BCUT2D eigenvalue weighted by molar-refractivity contribution is 6.30. The van der Waals surface area contributed by atoms with Crippen LogP contribution in [0.2, 0.25) is 5.02 Å². The summed E-state index contributed by atoms with van der Waals surface area (Å²) >= 11 is 5.88. The number of amides is 1. The van der Waals surface area contributed by atoms with Crippen molar-refractivity contribution in [2.24, 2.45) is 4.99 Å². The van der Waals surface area contributed by atoms with Gasteiger partial charge in [0.05, 0.1) is 17.9 Å². The highest BCUT2D eigenvalue weighted by Crippen LogP contribution is 2.25. The van der Waals surface area contributed by atoms with Crippen LogP contribution in [0.1, 0.15) is 29.8 Å². The van der Waals surface area contributed by atoms with E-state index in [0.29, 0.717) is 34.4 Å². The number of esters is 1. The maximum Gasteiger partial charge on any atom is 0.338 e. The van der Waals surface area contributed by atoms with Gasteiger partial charge in [-0.1, -0.05) is 23.7 Å². The lowest BCUT2D eigenvalue weighted by Gasteiger charge is -2.16. The number of nitrogens with zero attached hydrogens (tertiary/aromatic N) is 2. The molecule has 0 unspecified atom stereocenters. The number of hydrogen-bond acceptors (Lipinski definition) is 4. The number of anilines is 1. The minimum absolute atomic E-state index is 0.221. The second-order valence-corrected chi connectivity index (χ2v) is 6.08. The number of rotatable bonds is 4. The zero-order valence-electron chi connectivity index (χ0n) is 14.4. The van der Waals surface area contributed by atoms with Crippen LogP contribution in [0.15, 0.2) is 59.2 Å². The molecule has 0 spiro atoms. The summed E-state index contributed by atoms with van der Waals surface area (Å²) in [6, 6.07) is 13.8. The molecule has 5 nitrogen and oxygen atoms in total. The standard InChI is InChI=1S/C20H17ClN2O3/c1-3-26-20(25)15-6-10-17(11-7-15)23-13(2)22-18(19(23)24)12-14-4-8-16(21)9-5-14/h4-12H,3H2,1-2H3/b18-12-. The summed E-state index contributed by atoms with van der Waals surface area (Å²) in [5, 5.41) is 0.632. The van der Waals surface area contributed by atoms with Gasteiger partial charge in [0.2, 0.25) is 0 Å². The Labute approximate surface area is 156 Å². The van der Waals surface area contributed by atoms with Gasteiger partial charge < -0.3 is 4.74 Å². The Balaban J connectivity index is 1.84. The third kappa shape index (κ3) is 3.68. The number of carbonyl (C=O) groups is 2. The third-order valence-corrected chi connectivity index (χ3v) is 4.09. The number of carbonyl (C=O) groups excluding carboxylic acids is 2. The number of amidine groups is 1. The normalized spacial score (nSPS) is 15.3. The fraction of sp³-hybridized carbons (Fsp3) is 0.150. The van der Waals surface area contributed by atoms with Gasteiger partial charge in [0.1, 0.15) is 11.5 Å². The van der Waals surface area contributed by atoms with Gasteiger partial charge in [-0.05, 0) is 61.9 Å². The zero-order chi connectivity index (χ0) is 18.7. The smallest absolute Gasteiger partial charge is 0.338 e. The van der Waals surface area contributed by atoms with Crippen LogP contribution >= 0.6 is 11.6 Å². The third-order valence-electron chi connectivity index (χ3n) is 3.84. The maximum atomic E-state index is 12.7. The summed E-state index contributed by atoms with van der Waals surface area (Å²) < 4.78 is 4.97. The molecule has 0 bridgehead atoms. The highest BCUT2D eigenvalue weighted by atomic mass is 35.5. The number of ether oxygens (including phenoxy) is 1. The summed E-state index contributed by atoms with van der Waals surface area (Å²) in [5.74, 6) is -0.0408. The molecule has 0 saturated heterocycles. The second-order valence-electron chi connectivity index (χ2n) is 5.65. The molecule has 1 amide bonds. The van der Waals surface area contributed by atoms with Gasteiger partial charge in [-0.25, -0.2) is 9.79 Å². The second kappa shape index (κ2) is 7.54. The van der Waals surface area contributed by atoms with Crippen LogP contribution in [0, 0.1) is 0 Å². The Hall–Kier alpha value is -2.92. The molecule has 0 aromatic heterocycles. The van der Waals surface area contributed by atoms with Crippen molar-refractivity contribution in [2.75, 3.05) is 11.5 Å². The maximum absolute atomic E-state index is 12.7. The van der Waals surface area contributed by atoms with E-state index in [4.69, 9.17) is 16.3 Å². The minimum Gasteiger partial charge on any atom is -0.462 e. The van der Waals surface area contributed by atoms with Gasteiger partial charge in [0.15, 0.2) is 0 Å². The molecule has 1 aliphatic rings. The summed E-state index contributed by atoms with van der Waals surface area (Å²) in [6.07, 6.45) is 1.72. The first-order valence-corrected chi connectivity index (χ1v) is 8.51. The molecular weight excluding hydrogens is 352 g/mol. The van der Waals surface area contributed by atoms with E-state index >= 15 is 0 Å². The molecule has 2 aromatic carbocycles. The van der Waals surface area contributed by atoms with Crippen LogP contribution in [0.4, 0.5) is 5.69 Å². The van der Waals surface area contributed by atoms with Gasteiger partial charge >= 0.3 is 5.97 Å². The van der Waals surface area contributed by atoms with Crippen LogP contribution in [0.5, 0.6) is 0 Å². The Morgan fingerprint density at radius 2 is 1.81 bits per heavy atom. The van der Waals surface area contributed by atoms with Crippen LogP contribution in [-0.2, 0) is 9.53 Å². The average molecular weight is 369 g/mol. The molecule has 0 N–H and O–H groups in total. The van der Waals surface area contributed by atoms with E-state index in [1.54, 1.807) is 56.3 Å². The Morgan fingerprint density at radius 1 is 1.15 bits per heavy atom. The van der Waals surface area contributed by atoms with Gasteiger partial charge in [-0.3, -0.25) is 9.69 Å². The van der Waals surface area contributed by atoms with E-state index in [-0.39, 0.29) is 11.9 Å². The fourth-order valence-electron chi connectivity index (χ4n) is 2.61. The first-order chi connectivity index (χ1) is 12.5. The largest absolute Gasteiger partial charge is 0.462 e. The lowest BCUT2D eigenvalue weighted by atomic mass is 10.1. The Kier molecular flexibility index (Phi) is 5.19. The molecule has 132 valence electrons. The molecule has 0 saturated carbocycles. The molecule has 1 aliphatic heterocycles. The quantitative estimate of drug-likeness (QED) is 0.596. The van der Waals surface area contributed by atoms with E-state index in [1.807, 2.05) is 12.1 Å². The van der Waals surface area contributed by atoms with Crippen molar-refractivity contribution >= 4 is 41.1 Å². The van der Waals surface area contributed by atoms with E-state index in [1.165, 1.54) is 4.90 Å². The fourth-order valence-corrected chi connectivity index (χ4v) is 2.74. The highest BCUT2D eigenvalue weighted by Gasteiger charge is 2.29. The summed E-state index contributed by atoms with van der Waals surface area (Å²) in [5.41, 5.74) is 2.27. The van der Waals surface area contributed by atoms with Crippen LogP contribution in [0.3, 0.4) is 0 Å². The average Bonchev–Trinajstić information content (AvgIpc) is 2.91. The number of halogens is 1. The first-order valence-electron chi connectivity index (χ1n) is 8.14. The molecule has 6 heteroatoms. The van der Waals surface area contributed by atoms with Crippen LogP contribution in [0.25, 0.3) is 6.08 Å². The molecule has 0 aliphatic carbocycles. The monoisotopic (exact) mass is 368 g/mol. The molecule has 1 heterocycles. The van der Waals surface area contributed by atoms with Crippen molar-refractivity contribution in [3.8, 4) is 0 Å². The van der Waals surface area contributed by atoms with Crippen LogP contribution < -0.4 is 4.90 Å². The van der Waals surface area contributed by atoms with Crippen molar-refractivity contribution in [1.82, 2.24) is 0 Å². The predicted octanol–water partition coefficient (Wildman–Crippen LogP) is 4.32. The Morgan fingerprint density at radius 3 is 2.42 bits per heavy atom. The van der Waals surface area contributed by atoms with Crippen molar-refractivity contribution < 1.29 is 14.3 Å². The molecule has 2 aromatic rings. The molecular formula is C20H17ClN2O3. The first kappa shape index (κ1) is 17.9. The SMILES string of the molecule is CCOC(=O)c1ccc(N2C(=O)/C(=C/c3ccc(Cl)cc3)N=C2C)cc1. The lowest BCUT2D eigenvalue weighted by Crippen LogP contribution is -2.30. The van der Waals surface area contributed by atoms with Crippen molar-refractivity contribution in [2.45, 2.75) is 13.8 Å². The van der Waals surface area contributed by atoms with Gasteiger partial charge in [-0.2, -0.15) is 0 Å². The number of benzene rings is 2. The van der Waals surface area contributed by atoms with Crippen molar-refractivity contribution in [1.29, 1.82) is 0 Å². The summed E-state index contributed by atoms with van der Waals surface area (Å²) in [6.45, 7) is 3.83.